The van der Waals surface area contributed by atoms with E-state index >= 15 is 0 Å². The number of allylic oxidation sites excluding steroid dienone is 8. The lowest BCUT2D eigenvalue weighted by Gasteiger charge is -2.50. The molecule has 6 rings (SSSR count). The van der Waals surface area contributed by atoms with Gasteiger partial charge in [-0.15, -0.1) is 0 Å². The summed E-state index contributed by atoms with van der Waals surface area (Å²) in [6, 6.07) is 18.3. The van der Waals surface area contributed by atoms with Gasteiger partial charge in [-0.3, -0.25) is 0 Å². The van der Waals surface area contributed by atoms with Crippen LogP contribution in [0.15, 0.2) is 95.1 Å². The van der Waals surface area contributed by atoms with Crippen LogP contribution in [0.2, 0.25) is 0 Å². The van der Waals surface area contributed by atoms with Gasteiger partial charge in [0, 0.05) is 5.41 Å². The van der Waals surface area contributed by atoms with Crippen LogP contribution in [0.25, 0.3) is 0 Å². The van der Waals surface area contributed by atoms with Crippen molar-refractivity contribution in [3.63, 3.8) is 0 Å². The Hall–Kier alpha value is -3.00. The van der Waals surface area contributed by atoms with Crippen LogP contribution in [0.3, 0.4) is 0 Å². The summed E-state index contributed by atoms with van der Waals surface area (Å²) < 4.78 is 11.3. The highest BCUT2D eigenvalue weighted by Crippen LogP contribution is 2.65. The molecule has 2 fully saturated rings. The second-order valence-corrected chi connectivity index (χ2v) is 12.5. The van der Waals surface area contributed by atoms with Crippen LogP contribution in [0.5, 0.6) is 11.5 Å². The van der Waals surface area contributed by atoms with Crippen molar-refractivity contribution in [2.75, 3.05) is 14.2 Å². The van der Waals surface area contributed by atoms with Crippen molar-refractivity contribution in [1.82, 2.24) is 0 Å². The van der Waals surface area contributed by atoms with E-state index in [1.54, 1.807) is 14.2 Å². The van der Waals surface area contributed by atoms with Crippen LogP contribution in [0, 0.1) is 35.5 Å². The third-order valence-electron chi connectivity index (χ3n) is 10.8. The molecule has 2 saturated carbocycles. The number of fused-ring (bicyclic) bond motifs is 3. The molecule has 4 atom stereocenters. The zero-order valence-corrected chi connectivity index (χ0v) is 24.5. The van der Waals surface area contributed by atoms with Crippen LogP contribution in [0.1, 0.15) is 64.5 Å². The molecule has 0 bridgehead atoms. The number of hydrogen-bond donors (Lipinski definition) is 0. The van der Waals surface area contributed by atoms with E-state index in [1.165, 1.54) is 59.1 Å². The molecule has 2 nitrogen and oxygen atoms in total. The van der Waals surface area contributed by atoms with Gasteiger partial charge in [-0.1, -0.05) is 83.7 Å². The highest BCUT2D eigenvalue weighted by atomic mass is 16.5. The maximum atomic E-state index is 5.64. The van der Waals surface area contributed by atoms with E-state index < -0.39 is 0 Å². The maximum absolute atomic E-state index is 5.64. The van der Waals surface area contributed by atoms with Crippen molar-refractivity contribution in [2.24, 2.45) is 35.5 Å². The first-order valence-corrected chi connectivity index (χ1v) is 14.9. The highest BCUT2D eigenvalue weighted by molar-refractivity contribution is 5.50. The predicted molar refractivity (Wildman–Crippen MR) is 161 cm³/mol. The molecule has 0 saturated heterocycles. The number of ether oxygens (including phenoxy) is 2. The maximum Gasteiger partial charge on any atom is 0.118 e. The normalized spacial score (nSPS) is 28.6. The third kappa shape index (κ3) is 4.14. The Morgan fingerprint density at radius 1 is 0.538 bits per heavy atom. The molecule has 0 amide bonds. The van der Waals surface area contributed by atoms with Crippen LogP contribution in [0.4, 0.5) is 0 Å². The summed E-state index contributed by atoms with van der Waals surface area (Å²) in [6.07, 6.45) is 15.7. The van der Waals surface area contributed by atoms with Gasteiger partial charge in [0.2, 0.25) is 0 Å². The van der Waals surface area contributed by atoms with Crippen molar-refractivity contribution >= 4 is 0 Å². The average Bonchev–Trinajstić information content (AvgIpc) is 3.59. The van der Waals surface area contributed by atoms with Crippen molar-refractivity contribution in [3.05, 3.63) is 106 Å². The Morgan fingerprint density at radius 3 is 1.26 bits per heavy atom. The second-order valence-electron chi connectivity index (χ2n) is 12.5. The number of rotatable bonds is 6. The lowest BCUT2D eigenvalue weighted by molar-refractivity contribution is 0.158. The fraction of sp³-hybridized carbons (Fsp3) is 0.459. The molecule has 0 N–H and O–H groups in total. The first-order chi connectivity index (χ1) is 18.9. The van der Waals surface area contributed by atoms with Gasteiger partial charge in [-0.2, -0.15) is 0 Å². The molecule has 4 aliphatic carbocycles. The number of hydrogen-bond acceptors (Lipinski definition) is 2. The average molecular weight is 521 g/mol. The molecule has 39 heavy (non-hydrogen) atoms. The summed E-state index contributed by atoms with van der Waals surface area (Å²) >= 11 is 0. The quantitative estimate of drug-likeness (QED) is 0.378. The molecular weight excluding hydrogens is 476 g/mol. The SMILES string of the molecule is COc1ccc(C(c2ccc(OC)cc2)(C2CCCC2)C2C3C=C(C)C(C)=CC3C3C=C(C)C(C)=CC32)cc1. The van der Waals surface area contributed by atoms with E-state index in [-0.39, 0.29) is 5.41 Å². The van der Waals surface area contributed by atoms with E-state index in [2.05, 4.69) is 101 Å². The van der Waals surface area contributed by atoms with E-state index in [0.717, 1.165) is 11.5 Å². The zero-order chi connectivity index (χ0) is 27.3. The fourth-order valence-electron chi connectivity index (χ4n) is 8.82. The van der Waals surface area contributed by atoms with Crippen LogP contribution >= 0.6 is 0 Å². The van der Waals surface area contributed by atoms with Crippen LogP contribution in [-0.4, -0.2) is 14.2 Å². The molecule has 2 aromatic rings. The summed E-state index contributed by atoms with van der Waals surface area (Å²) in [5.41, 5.74) is 8.58. The van der Waals surface area contributed by atoms with Gasteiger partial charge in [-0.25, -0.2) is 0 Å². The molecule has 0 radical (unpaired) electrons. The minimum atomic E-state index is -0.108. The Labute approximate surface area is 235 Å². The number of methoxy groups -OCH3 is 2. The Kier molecular flexibility index (Phi) is 6.86. The molecule has 4 unspecified atom stereocenters. The summed E-state index contributed by atoms with van der Waals surface area (Å²) in [5.74, 6) is 4.92. The van der Waals surface area contributed by atoms with E-state index in [0.29, 0.717) is 35.5 Å². The molecule has 2 aromatic carbocycles. The molecular formula is C37H44O2. The molecule has 0 aromatic heterocycles. The Bertz CT molecular complexity index is 1240. The minimum absolute atomic E-state index is 0.108. The number of benzene rings is 2. The summed E-state index contributed by atoms with van der Waals surface area (Å²) in [7, 11) is 3.53. The molecule has 2 heteroatoms. The summed E-state index contributed by atoms with van der Waals surface area (Å²) in [5, 5.41) is 0. The van der Waals surface area contributed by atoms with Gasteiger partial charge < -0.3 is 9.47 Å². The predicted octanol–water partition coefficient (Wildman–Crippen LogP) is 9.09. The minimum Gasteiger partial charge on any atom is -0.497 e. The summed E-state index contributed by atoms with van der Waals surface area (Å²) in [4.78, 5) is 0. The molecule has 204 valence electrons. The van der Waals surface area contributed by atoms with E-state index in [1.807, 2.05) is 0 Å². The van der Waals surface area contributed by atoms with Crippen LogP contribution in [-0.2, 0) is 5.41 Å². The molecule has 4 aliphatic rings. The van der Waals surface area contributed by atoms with Crippen molar-refractivity contribution in [2.45, 2.75) is 58.8 Å². The zero-order valence-electron chi connectivity index (χ0n) is 24.5. The van der Waals surface area contributed by atoms with Gasteiger partial charge in [0.05, 0.1) is 14.2 Å². The van der Waals surface area contributed by atoms with E-state index in [4.69, 9.17) is 9.47 Å². The van der Waals surface area contributed by atoms with Gasteiger partial charge in [0.15, 0.2) is 0 Å². The molecule has 0 aliphatic heterocycles. The van der Waals surface area contributed by atoms with Crippen molar-refractivity contribution < 1.29 is 9.47 Å². The lowest BCUT2D eigenvalue weighted by atomic mass is 9.53. The highest BCUT2D eigenvalue weighted by Gasteiger charge is 2.60. The fourth-order valence-corrected chi connectivity index (χ4v) is 8.82. The van der Waals surface area contributed by atoms with Gasteiger partial charge in [0.25, 0.3) is 0 Å². The topological polar surface area (TPSA) is 18.5 Å². The molecule has 0 spiro atoms. The Balaban J connectivity index is 1.65. The summed E-state index contributed by atoms with van der Waals surface area (Å²) in [6.45, 7) is 9.26. The Morgan fingerprint density at radius 2 is 0.897 bits per heavy atom. The van der Waals surface area contributed by atoms with Crippen molar-refractivity contribution in [1.29, 1.82) is 0 Å². The first-order valence-electron chi connectivity index (χ1n) is 14.9. The standard InChI is InChI=1S/C37H44O2/c1-23-19-32-33-20-24(2)26(4)22-35(33)36(34(32)21-25(23)3)37(27-9-7-8-10-27,28-11-15-30(38-5)16-12-28)29-13-17-31(39-6)18-14-29/h11-22,27,32-36H,7-10H2,1-6H3. The van der Waals surface area contributed by atoms with Crippen molar-refractivity contribution in [3.8, 4) is 11.5 Å². The van der Waals surface area contributed by atoms with Gasteiger partial charge in [-0.05, 0) is 111 Å². The van der Waals surface area contributed by atoms with E-state index in [9.17, 15) is 0 Å². The van der Waals surface area contributed by atoms with Crippen LogP contribution < -0.4 is 9.47 Å². The second kappa shape index (κ2) is 10.2. The molecule has 0 heterocycles. The first kappa shape index (κ1) is 26.2. The van der Waals surface area contributed by atoms with Gasteiger partial charge >= 0.3 is 0 Å². The smallest absolute Gasteiger partial charge is 0.118 e. The van der Waals surface area contributed by atoms with Gasteiger partial charge in [0.1, 0.15) is 11.5 Å². The lowest BCUT2D eigenvalue weighted by Crippen LogP contribution is -2.47. The largest absolute Gasteiger partial charge is 0.497 e. The monoisotopic (exact) mass is 520 g/mol. The third-order valence-corrected chi connectivity index (χ3v) is 10.8.